The van der Waals surface area contributed by atoms with Gasteiger partial charge in [0.25, 0.3) is 0 Å². The van der Waals surface area contributed by atoms with Crippen molar-refractivity contribution in [2.75, 3.05) is 19.9 Å². The standard InChI is InChI=1S/C15H18N2O2S2/c1-16-15(13(18)19-2,12-6-4-3-5-7-12)8-10-20-14-17-9-11-21-14/h3-7,9,11,16H,8,10H2,1-2H3. The first-order valence-electron chi connectivity index (χ1n) is 6.58. The van der Waals surface area contributed by atoms with Crippen LogP contribution in [0.25, 0.3) is 0 Å². The largest absolute Gasteiger partial charge is 0.467 e. The molecule has 0 spiro atoms. The maximum Gasteiger partial charge on any atom is 0.330 e. The van der Waals surface area contributed by atoms with Crippen LogP contribution in [0, 0.1) is 0 Å². The van der Waals surface area contributed by atoms with E-state index in [2.05, 4.69) is 10.3 Å². The van der Waals surface area contributed by atoms with Gasteiger partial charge in [-0.1, -0.05) is 42.1 Å². The molecule has 1 unspecified atom stereocenters. The number of hydrogen-bond acceptors (Lipinski definition) is 6. The molecule has 0 amide bonds. The van der Waals surface area contributed by atoms with Crippen molar-refractivity contribution in [3.63, 3.8) is 0 Å². The van der Waals surface area contributed by atoms with Crippen LogP contribution in [-0.2, 0) is 15.1 Å². The summed E-state index contributed by atoms with van der Waals surface area (Å²) in [5, 5.41) is 5.11. The molecule has 0 saturated heterocycles. The van der Waals surface area contributed by atoms with Gasteiger partial charge in [-0.2, -0.15) is 0 Å². The predicted octanol–water partition coefficient (Wildman–Crippen LogP) is 2.91. The molecule has 1 aromatic heterocycles. The molecule has 0 aliphatic heterocycles. The van der Waals surface area contributed by atoms with Crippen LogP contribution < -0.4 is 5.32 Å². The number of nitrogens with zero attached hydrogens (tertiary/aromatic N) is 1. The van der Waals surface area contributed by atoms with Gasteiger partial charge in [-0.15, -0.1) is 11.3 Å². The molecule has 0 radical (unpaired) electrons. The van der Waals surface area contributed by atoms with Gasteiger partial charge < -0.3 is 10.1 Å². The van der Waals surface area contributed by atoms with Crippen LogP contribution in [0.2, 0.25) is 0 Å². The van der Waals surface area contributed by atoms with Crippen LogP contribution in [0.5, 0.6) is 0 Å². The second-order valence-electron chi connectivity index (χ2n) is 4.41. The summed E-state index contributed by atoms with van der Waals surface area (Å²) in [5.41, 5.74) is 0.0966. The number of carbonyl (C=O) groups excluding carboxylic acids is 1. The maximum atomic E-state index is 12.4. The van der Waals surface area contributed by atoms with Gasteiger partial charge in [0.05, 0.1) is 7.11 Å². The lowest BCUT2D eigenvalue weighted by Gasteiger charge is -2.31. The Balaban J connectivity index is 2.17. The molecular weight excluding hydrogens is 304 g/mol. The molecule has 1 atom stereocenters. The minimum Gasteiger partial charge on any atom is -0.467 e. The number of aromatic nitrogens is 1. The van der Waals surface area contributed by atoms with Gasteiger partial charge in [0.15, 0.2) is 0 Å². The molecule has 21 heavy (non-hydrogen) atoms. The minimum absolute atomic E-state index is 0.268. The number of esters is 1. The predicted molar refractivity (Wildman–Crippen MR) is 86.7 cm³/mol. The molecule has 1 heterocycles. The van der Waals surface area contributed by atoms with Gasteiger partial charge >= 0.3 is 5.97 Å². The van der Waals surface area contributed by atoms with Gasteiger partial charge in [-0.05, 0) is 19.0 Å². The molecule has 6 heteroatoms. The molecule has 0 fully saturated rings. The van der Waals surface area contributed by atoms with E-state index in [4.69, 9.17) is 4.74 Å². The number of thioether (sulfide) groups is 1. The third-order valence-electron chi connectivity index (χ3n) is 3.34. The lowest BCUT2D eigenvalue weighted by atomic mass is 9.87. The molecule has 2 rings (SSSR count). The third kappa shape index (κ3) is 3.64. The van der Waals surface area contributed by atoms with Crippen molar-refractivity contribution < 1.29 is 9.53 Å². The van der Waals surface area contributed by atoms with Gasteiger partial charge in [-0.25, -0.2) is 9.78 Å². The van der Waals surface area contributed by atoms with Gasteiger partial charge in [0.2, 0.25) is 0 Å². The Bertz CT molecular complexity index is 560. The summed E-state index contributed by atoms with van der Waals surface area (Å²) in [4.78, 5) is 16.6. The van der Waals surface area contributed by atoms with Crippen molar-refractivity contribution in [1.82, 2.24) is 10.3 Å². The number of methoxy groups -OCH3 is 1. The van der Waals surface area contributed by atoms with E-state index < -0.39 is 5.54 Å². The second-order valence-corrected chi connectivity index (χ2v) is 6.65. The van der Waals surface area contributed by atoms with E-state index in [1.54, 1.807) is 36.3 Å². The summed E-state index contributed by atoms with van der Waals surface area (Å²) in [6.45, 7) is 0. The molecule has 0 aliphatic rings. The highest BCUT2D eigenvalue weighted by Gasteiger charge is 2.39. The van der Waals surface area contributed by atoms with Crippen LogP contribution in [0.15, 0.2) is 46.2 Å². The van der Waals surface area contributed by atoms with E-state index in [1.807, 2.05) is 35.7 Å². The number of thiazole rings is 1. The van der Waals surface area contributed by atoms with Crippen LogP contribution in [0.1, 0.15) is 12.0 Å². The Morgan fingerprint density at radius 1 is 1.43 bits per heavy atom. The molecule has 1 aromatic carbocycles. The van der Waals surface area contributed by atoms with Crippen molar-refractivity contribution in [3.05, 3.63) is 47.5 Å². The first kappa shape index (κ1) is 16.0. The van der Waals surface area contributed by atoms with Crippen LogP contribution >= 0.6 is 23.1 Å². The van der Waals surface area contributed by atoms with E-state index in [1.165, 1.54) is 7.11 Å². The molecule has 2 aromatic rings. The average Bonchev–Trinajstić information content (AvgIpc) is 3.05. The van der Waals surface area contributed by atoms with Gasteiger partial charge in [0.1, 0.15) is 9.88 Å². The minimum atomic E-state index is -0.819. The van der Waals surface area contributed by atoms with Crippen LogP contribution in [0.3, 0.4) is 0 Å². The number of carbonyl (C=O) groups is 1. The highest BCUT2D eigenvalue weighted by Crippen LogP contribution is 2.30. The fourth-order valence-electron chi connectivity index (χ4n) is 2.21. The summed E-state index contributed by atoms with van der Waals surface area (Å²) in [5.74, 6) is 0.508. The Kier molecular flexibility index (Phi) is 5.78. The van der Waals surface area contributed by atoms with Crippen molar-refractivity contribution >= 4 is 29.1 Å². The number of ether oxygens (including phenoxy) is 1. The average molecular weight is 322 g/mol. The lowest BCUT2D eigenvalue weighted by molar-refractivity contribution is -0.149. The maximum absolute atomic E-state index is 12.4. The fourth-order valence-corrected chi connectivity index (χ4v) is 3.97. The summed E-state index contributed by atoms with van der Waals surface area (Å²) < 4.78 is 6.04. The first-order valence-corrected chi connectivity index (χ1v) is 8.44. The Labute approximate surface area is 132 Å². The van der Waals surface area contributed by atoms with Crippen molar-refractivity contribution in [1.29, 1.82) is 0 Å². The van der Waals surface area contributed by atoms with E-state index in [0.717, 1.165) is 15.7 Å². The van der Waals surface area contributed by atoms with E-state index in [9.17, 15) is 4.79 Å². The third-order valence-corrected chi connectivity index (χ3v) is 5.31. The van der Waals surface area contributed by atoms with Crippen molar-refractivity contribution in [3.8, 4) is 0 Å². The molecular formula is C15H18N2O2S2. The van der Waals surface area contributed by atoms with Gasteiger partial charge in [-0.3, -0.25) is 0 Å². The quantitative estimate of drug-likeness (QED) is 0.627. The summed E-state index contributed by atoms with van der Waals surface area (Å²) >= 11 is 3.26. The molecule has 0 saturated carbocycles. The molecule has 1 N–H and O–H groups in total. The number of rotatable bonds is 7. The Morgan fingerprint density at radius 2 is 2.19 bits per heavy atom. The van der Waals surface area contributed by atoms with Crippen molar-refractivity contribution in [2.24, 2.45) is 0 Å². The highest BCUT2D eigenvalue weighted by molar-refractivity contribution is 8.00. The van der Waals surface area contributed by atoms with Crippen molar-refractivity contribution in [2.45, 2.75) is 16.3 Å². The number of likely N-dealkylation sites (N-methyl/N-ethyl adjacent to an activating group) is 1. The topological polar surface area (TPSA) is 51.2 Å². The number of hydrogen-bond donors (Lipinski definition) is 1. The van der Waals surface area contributed by atoms with Gasteiger partial charge in [0, 0.05) is 17.3 Å². The van der Waals surface area contributed by atoms with E-state index in [-0.39, 0.29) is 5.97 Å². The monoisotopic (exact) mass is 322 g/mol. The first-order chi connectivity index (χ1) is 10.2. The Morgan fingerprint density at radius 3 is 2.76 bits per heavy atom. The summed E-state index contributed by atoms with van der Waals surface area (Å²) in [6.07, 6.45) is 2.42. The SMILES string of the molecule is CNC(CCSc1nccs1)(C(=O)OC)c1ccccc1. The molecule has 4 nitrogen and oxygen atoms in total. The summed E-state index contributed by atoms with van der Waals surface area (Å²) in [7, 11) is 3.21. The normalized spacial score (nSPS) is 13.6. The highest BCUT2D eigenvalue weighted by atomic mass is 32.2. The van der Waals surface area contributed by atoms with Crippen LogP contribution in [0.4, 0.5) is 0 Å². The zero-order valence-corrected chi connectivity index (χ0v) is 13.7. The molecule has 112 valence electrons. The second kappa shape index (κ2) is 7.59. The van der Waals surface area contributed by atoms with E-state index >= 15 is 0 Å². The fraction of sp³-hybridized carbons (Fsp3) is 0.333. The zero-order valence-electron chi connectivity index (χ0n) is 12.0. The molecule has 0 bridgehead atoms. The zero-order chi connectivity index (χ0) is 15.1. The molecule has 0 aliphatic carbocycles. The number of nitrogens with one attached hydrogen (secondary N) is 1. The number of benzene rings is 1. The Hall–Kier alpha value is -1.37. The lowest BCUT2D eigenvalue weighted by Crippen LogP contribution is -2.48. The summed E-state index contributed by atoms with van der Waals surface area (Å²) in [6, 6.07) is 9.69. The van der Waals surface area contributed by atoms with Crippen LogP contribution in [-0.4, -0.2) is 30.9 Å². The smallest absolute Gasteiger partial charge is 0.330 e. The van der Waals surface area contributed by atoms with E-state index in [0.29, 0.717) is 6.42 Å².